The zero-order chi connectivity index (χ0) is 24.1. The van der Waals surface area contributed by atoms with Gasteiger partial charge in [-0.3, -0.25) is 19.0 Å². The predicted molar refractivity (Wildman–Crippen MR) is 122 cm³/mol. The molecule has 0 atom stereocenters. The van der Waals surface area contributed by atoms with E-state index in [0.29, 0.717) is 41.7 Å². The molecular weight excluding hydrogens is 444 g/mol. The highest BCUT2D eigenvalue weighted by molar-refractivity contribution is 6.03. The summed E-state index contributed by atoms with van der Waals surface area (Å²) in [6.07, 6.45) is 1.09. The van der Waals surface area contributed by atoms with Crippen LogP contribution in [0.3, 0.4) is 0 Å². The van der Waals surface area contributed by atoms with Crippen LogP contribution in [0.2, 0.25) is 0 Å². The fourth-order valence-corrected chi connectivity index (χ4v) is 3.27. The Kier molecular flexibility index (Phi) is 6.62. The van der Waals surface area contributed by atoms with Crippen molar-refractivity contribution in [2.24, 2.45) is 0 Å². The van der Waals surface area contributed by atoms with Gasteiger partial charge in [0.2, 0.25) is 12.7 Å². The summed E-state index contributed by atoms with van der Waals surface area (Å²) in [6, 6.07) is 11.6. The quantitative estimate of drug-likeness (QED) is 0.422. The average Bonchev–Trinajstić information content (AvgIpc) is 3.28. The van der Waals surface area contributed by atoms with Crippen LogP contribution < -0.4 is 36.1 Å². The highest BCUT2D eigenvalue weighted by Gasteiger charge is 2.17. The van der Waals surface area contributed by atoms with E-state index in [9.17, 15) is 19.2 Å². The van der Waals surface area contributed by atoms with Gasteiger partial charge < -0.3 is 29.8 Å². The number of carbonyl (C=O) groups is 2. The van der Waals surface area contributed by atoms with E-state index in [1.807, 2.05) is 0 Å². The maximum Gasteiger partial charge on any atom is 0.328 e. The summed E-state index contributed by atoms with van der Waals surface area (Å²) in [5, 5.41) is 5.25. The number of H-pyrrole nitrogens is 1. The molecule has 11 nitrogen and oxygen atoms in total. The van der Waals surface area contributed by atoms with E-state index >= 15 is 0 Å². The Morgan fingerprint density at radius 1 is 1.09 bits per heavy atom. The summed E-state index contributed by atoms with van der Waals surface area (Å²) in [5.74, 6) is 0.859. The number of ether oxygens (including phenoxy) is 3. The van der Waals surface area contributed by atoms with E-state index in [2.05, 4.69) is 15.6 Å². The van der Waals surface area contributed by atoms with Crippen LogP contribution in [0.15, 0.2) is 58.3 Å². The molecule has 0 saturated carbocycles. The number of fused-ring (bicyclic) bond motifs is 1. The first kappa shape index (κ1) is 22.6. The number of aromatic amines is 1. The third-order valence-corrected chi connectivity index (χ3v) is 4.94. The molecule has 0 aliphatic carbocycles. The third-order valence-electron chi connectivity index (χ3n) is 4.94. The number of amides is 2. The molecule has 0 fully saturated rings. The molecule has 0 radical (unpaired) electrons. The van der Waals surface area contributed by atoms with Gasteiger partial charge in [-0.2, -0.15) is 0 Å². The van der Waals surface area contributed by atoms with Crippen LogP contribution in [0.1, 0.15) is 22.8 Å². The molecule has 0 bridgehead atoms. The fourth-order valence-electron chi connectivity index (χ4n) is 3.27. The third kappa shape index (κ3) is 5.26. The number of carbonyl (C=O) groups excluding carboxylic acids is 2. The van der Waals surface area contributed by atoms with E-state index in [-0.39, 0.29) is 24.8 Å². The molecule has 1 aliphatic heterocycles. The predicted octanol–water partition coefficient (Wildman–Crippen LogP) is 1.08. The summed E-state index contributed by atoms with van der Waals surface area (Å²) in [7, 11) is 0. The summed E-state index contributed by atoms with van der Waals surface area (Å²) in [6.45, 7) is 2.16. The maximum absolute atomic E-state index is 12.9. The van der Waals surface area contributed by atoms with Crippen molar-refractivity contribution in [3.05, 3.63) is 80.6 Å². The summed E-state index contributed by atoms with van der Waals surface area (Å²) in [5.41, 5.74) is -0.497. The molecule has 2 aromatic carbocycles. The topological polar surface area (TPSA) is 141 Å². The number of aromatic nitrogens is 2. The number of hydrogen-bond acceptors (Lipinski definition) is 7. The van der Waals surface area contributed by atoms with Gasteiger partial charge in [-0.15, -0.1) is 0 Å². The SMILES string of the molecule is CC(=O)NCCOc1ccc(NC(=O)c2c[nH]c(=O)n(Cc3ccc4c(c3)OCO4)c2=O)cc1. The second-order valence-corrected chi connectivity index (χ2v) is 7.40. The van der Waals surface area contributed by atoms with Gasteiger partial charge in [-0.1, -0.05) is 6.07 Å². The lowest BCUT2D eigenvalue weighted by Gasteiger charge is -2.10. The highest BCUT2D eigenvalue weighted by atomic mass is 16.7. The van der Waals surface area contributed by atoms with E-state index in [1.165, 1.54) is 6.92 Å². The van der Waals surface area contributed by atoms with Crippen LogP contribution in [0, 0.1) is 0 Å². The lowest BCUT2D eigenvalue weighted by Crippen LogP contribution is -2.39. The molecule has 2 heterocycles. The molecule has 0 spiro atoms. The molecule has 34 heavy (non-hydrogen) atoms. The van der Waals surface area contributed by atoms with Crippen molar-refractivity contribution in [3.63, 3.8) is 0 Å². The van der Waals surface area contributed by atoms with E-state index in [1.54, 1.807) is 42.5 Å². The molecular formula is C23H22N4O7. The van der Waals surface area contributed by atoms with Crippen LogP contribution >= 0.6 is 0 Å². The minimum Gasteiger partial charge on any atom is -0.492 e. The molecule has 0 saturated heterocycles. The van der Waals surface area contributed by atoms with Gasteiger partial charge >= 0.3 is 5.69 Å². The first-order valence-electron chi connectivity index (χ1n) is 10.4. The first-order chi connectivity index (χ1) is 16.4. The van der Waals surface area contributed by atoms with E-state index < -0.39 is 17.2 Å². The molecule has 2 amide bonds. The van der Waals surface area contributed by atoms with Crippen molar-refractivity contribution in [3.8, 4) is 17.2 Å². The molecule has 0 unspecified atom stereocenters. The van der Waals surface area contributed by atoms with E-state index in [0.717, 1.165) is 10.8 Å². The Labute approximate surface area is 193 Å². The second-order valence-electron chi connectivity index (χ2n) is 7.40. The van der Waals surface area contributed by atoms with Gasteiger partial charge in [0, 0.05) is 18.8 Å². The van der Waals surface area contributed by atoms with Crippen molar-refractivity contribution >= 4 is 17.5 Å². The Morgan fingerprint density at radius 3 is 2.62 bits per heavy atom. The number of anilines is 1. The Hall–Kier alpha value is -4.54. The molecule has 4 rings (SSSR count). The summed E-state index contributed by atoms with van der Waals surface area (Å²) >= 11 is 0. The van der Waals surface area contributed by atoms with Crippen LogP contribution in [0.4, 0.5) is 5.69 Å². The maximum atomic E-state index is 12.9. The largest absolute Gasteiger partial charge is 0.492 e. The minimum absolute atomic E-state index is 0.0452. The normalized spacial score (nSPS) is 11.7. The molecule has 3 N–H and O–H groups in total. The highest BCUT2D eigenvalue weighted by Crippen LogP contribution is 2.32. The fraction of sp³-hybridized carbons (Fsp3) is 0.217. The Morgan fingerprint density at radius 2 is 1.85 bits per heavy atom. The lowest BCUT2D eigenvalue weighted by molar-refractivity contribution is -0.119. The Balaban J connectivity index is 1.44. The standard InChI is InChI=1S/C23H22N4O7/c1-14(28)24-8-9-32-17-5-3-16(4-6-17)26-21(29)18-11-25-23(31)27(22(18)30)12-15-2-7-19-20(10-15)34-13-33-19/h2-7,10-11H,8-9,12-13H2,1H3,(H,24,28)(H,25,31)(H,26,29). The van der Waals surface area contributed by atoms with Crippen molar-refractivity contribution < 1.29 is 23.8 Å². The van der Waals surface area contributed by atoms with Gasteiger partial charge in [0.05, 0.1) is 13.1 Å². The summed E-state index contributed by atoms with van der Waals surface area (Å²) in [4.78, 5) is 51.2. The second kappa shape index (κ2) is 9.94. The van der Waals surface area contributed by atoms with E-state index in [4.69, 9.17) is 14.2 Å². The molecule has 176 valence electrons. The molecule has 1 aromatic heterocycles. The number of benzene rings is 2. The van der Waals surface area contributed by atoms with Gasteiger partial charge in [-0.25, -0.2) is 4.79 Å². The summed E-state index contributed by atoms with van der Waals surface area (Å²) < 4.78 is 17.0. The Bertz CT molecular complexity index is 1330. The molecule has 11 heteroatoms. The van der Waals surface area contributed by atoms with Gasteiger partial charge in [-0.05, 0) is 42.0 Å². The molecule has 3 aromatic rings. The van der Waals surface area contributed by atoms with Gasteiger partial charge in [0.25, 0.3) is 11.5 Å². The zero-order valence-electron chi connectivity index (χ0n) is 18.3. The van der Waals surface area contributed by atoms with Crippen LogP contribution in [-0.4, -0.2) is 41.3 Å². The average molecular weight is 466 g/mol. The number of nitrogens with one attached hydrogen (secondary N) is 3. The lowest BCUT2D eigenvalue weighted by atomic mass is 10.2. The first-order valence-corrected chi connectivity index (χ1v) is 10.4. The minimum atomic E-state index is -0.725. The van der Waals surface area contributed by atoms with Crippen molar-refractivity contribution in [1.82, 2.24) is 14.9 Å². The van der Waals surface area contributed by atoms with Crippen LogP contribution in [-0.2, 0) is 11.3 Å². The monoisotopic (exact) mass is 466 g/mol. The van der Waals surface area contributed by atoms with Gasteiger partial charge in [0.15, 0.2) is 11.5 Å². The van der Waals surface area contributed by atoms with Gasteiger partial charge in [0.1, 0.15) is 17.9 Å². The number of rotatable bonds is 8. The van der Waals surface area contributed by atoms with Crippen LogP contribution in [0.5, 0.6) is 17.2 Å². The number of nitrogens with zero attached hydrogens (tertiary/aromatic N) is 1. The van der Waals surface area contributed by atoms with Crippen molar-refractivity contribution in [2.45, 2.75) is 13.5 Å². The zero-order valence-corrected chi connectivity index (χ0v) is 18.3. The van der Waals surface area contributed by atoms with Crippen LogP contribution in [0.25, 0.3) is 0 Å². The number of hydrogen-bond donors (Lipinski definition) is 3. The van der Waals surface area contributed by atoms with Crippen molar-refractivity contribution in [1.29, 1.82) is 0 Å². The van der Waals surface area contributed by atoms with Crippen molar-refractivity contribution in [2.75, 3.05) is 25.3 Å². The molecule has 1 aliphatic rings. The smallest absolute Gasteiger partial charge is 0.328 e.